The summed E-state index contributed by atoms with van der Waals surface area (Å²) in [6.45, 7) is 8.45. The minimum absolute atomic E-state index is 0.161. The maximum absolute atomic E-state index is 6.31. The molecular formula is C15H23NO. The van der Waals surface area contributed by atoms with Gasteiger partial charge in [0.1, 0.15) is 5.75 Å². The molecule has 0 aliphatic heterocycles. The van der Waals surface area contributed by atoms with Crippen LogP contribution in [0.3, 0.4) is 0 Å². The lowest BCUT2D eigenvalue weighted by Crippen LogP contribution is -2.20. The van der Waals surface area contributed by atoms with Gasteiger partial charge in [0, 0.05) is 6.04 Å². The molecule has 1 unspecified atom stereocenters. The molecule has 94 valence electrons. The molecule has 2 heteroatoms. The Labute approximate surface area is 104 Å². The van der Waals surface area contributed by atoms with Gasteiger partial charge in [-0.1, -0.05) is 19.1 Å². The maximum atomic E-state index is 6.31. The Morgan fingerprint density at radius 2 is 1.94 bits per heavy atom. The summed E-state index contributed by atoms with van der Waals surface area (Å²) in [6, 6.07) is 6.50. The first-order valence-electron chi connectivity index (χ1n) is 6.45. The van der Waals surface area contributed by atoms with Crippen LogP contribution in [0.4, 0.5) is 0 Å². The molecule has 2 nitrogen and oxygen atoms in total. The van der Waals surface area contributed by atoms with Crippen LogP contribution in [0, 0.1) is 12.3 Å². The van der Waals surface area contributed by atoms with E-state index in [-0.39, 0.29) is 12.1 Å². The van der Waals surface area contributed by atoms with E-state index in [2.05, 4.69) is 32.0 Å². The highest BCUT2D eigenvalue weighted by molar-refractivity contribution is 5.38. The lowest BCUT2D eigenvalue weighted by molar-refractivity contribution is 0.240. The summed E-state index contributed by atoms with van der Waals surface area (Å²) >= 11 is 0. The van der Waals surface area contributed by atoms with Crippen LogP contribution in [0.2, 0.25) is 0 Å². The Kier molecular flexibility index (Phi) is 3.17. The SMILES string of the molecule is Cc1cc(C(N)C2(C)CC2)ccc1OC(C)C. The molecule has 2 rings (SSSR count). The minimum atomic E-state index is 0.161. The van der Waals surface area contributed by atoms with Gasteiger partial charge in [0.2, 0.25) is 0 Å². The second-order valence-corrected chi connectivity index (χ2v) is 5.82. The van der Waals surface area contributed by atoms with E-state index in [0.29, 0.717) is 5.41 Å². The minimum Gasteiger partial charge on any atom is -0.491 e. The highest BCUT2D eigenvalue weighted by Crippen LogP contribution is 2.53. The van der Waals surface area contributed by atoms with E-state index in [1.807, 2.05) is 13.8 Å². The molecule has 0 saturated heterocycles. The van der Waals surface area contributed by atoms with E-state index in [9.17, 15) is 0 Å². The lowest BCUT2D eigenvalue weighted by Gasteiger charge is -2.21. The molecule has 17 heavy (non-hydrogen) atoms. The Hall–Kier alpha value is -1.02. The molecular weight excluding hydrogens is 210 g/mol. The van der Waals surface area contributed by atoms with E-state index < -0.39 is 0 Å². The second kappa shape index (κ2) is 4.34. The quantitative estimate of drug-likeness (QED) is 0.862. The van der Waals surface area contributed by atoms with Crippen LogP contribution in [0.1, 0.15) is 50.8 Å². The van der Waals surface area contributed by atoms with Crippen molar-refractivity contribution in [3.8, 4) is 5.75 Å². The summed E-state index contributed by atoms with van der Waals surface area (Å²) in [5.41, 5.74) is 9.05. The number of benzene rings is 1. The molecule has 0 aromatic heterocycles. The largest absolute Gasteiger partial charge is 0.491 e. The van der Waals surface area contributed by atoms with E-state index >= 15 is 0 Å². The standard InChI is InChI=1S/C15H23NO/c1-10(2)17-13-6-5-12(9-11(13)3)14(16)15(4)7-8-15/h5-6,9-10,14H,7-8,16H2,1-4H3. The predicted octanol–water partition coefficient (Wildman–Crippen LogP) is 3.58. The van der Waals surface area contributed by atoms with Crippen molar-refractivity contribution in [2.75, 3.05) is 0 Å². The van der Waals surface area contributed by atoms with Crippen LogP contribution in [0.15, 0.2) is 18.2 Å². The van der Waals surface area contributed by atoms with Crippen molar-refractivity contribution in [2.45, 2.75) is 52.7 Å². The van der Waals surface area contributed by atoms with Gasteiger partial charge in [0.05, 0.1) is 6.10 Å². The third-order valence-corrected chi connectivity index (χ3v) is 3.71. The fourth-order valence-electron chi connectivity index (χ4n) is 2.16. The summed E-state index contributed by atoms with van der Waals surface area (Å²) in [5.74, 6) is 0.969. The van der Waals surface area contributed by atoms with Crippen molar-refractivity contribution >= 4 is 0 Å². The summed E-state index contributed by atoms with van der Waals surface area (Å²) in [4.78, 5) is 0. The zero-order valence-corrected chi connectivity index (χ0v) is 11.3. The van der Waals surface area contributed by atoms with Gasteiger partial charge in [-0.15, -0.1) is 0 Å². The highest BCUT2D eigenvalue weighted by Gasteiger charge is 2.43. The second-order valence-electron chi connectivity index (χ2n) is 5.82. The summed E-state index contributed by atoms with van der Waals surface area (Å²) < 4.78 is 5.74. The Bertz CT molecular complexity index is 407. The monoisotopic (exact) mass is 233 g/mol. The summed E-state index contributed by atoms with van der Waals surface area (Å²) in [7, 11) is 0. The molecule has 0 spiro atoms. The maximum Gasteiger partial charge on any atom is 0.122 e. The molecule has 1 aliphatic rings. The van der Waals surface area contributed by atoms with Crippen molar-refractivity contribution in [2.24, 2.45) is 11.1 Å². The first kappa shape index (κ1) is 12.4. The number of hydrogen-bond acceptors (Lipinski definition) is 2. The highest BCUT2D eigenvalue weighted by atomic mass is 16.5. The number of aryl methyl sites for hydroxylation is 1. The van der Waals surface area contributed by atoms with Gasteiger partial charge in [0.25, 0.3) is 0 Å². The number of hydrogen-bond donors (Lipinski definition) is 1. The number of nitrogens with two attached hydrogens (primary N) is 1. The molecule has 1 aromatic carbocycles. The van der Waals surface area contributed by atoms with Crippen LogP contribution < -0.4 is 10.5 Å². The average Bonchev–Trinajstić information content (AvgIpc) is 2.99. The van der Waals surface area contributed by atoms with Crippen molar-refractivity contribution in [3.63, 3.8) is 0 Å². The molecule has 0 amide bonds. The molecule has 0 radical (unpaired) electrons. The first-order valence-corrected chi connectivity index (χ1v) is 6.45. The molecule has 1 fully saturated rings. The van der Waals surface area contributed by atoms with E-state index in [4.69, 9.17) is 10.5 Å². The van der Waals surface area contributed by atoms with Crippen molar-refractivity contribution < 1.29 is 4.74 Å². The zero-order chi connectivity index (χ0) is 12.6. The van der Waals surface area contributed by atoms with E-state index in [1.165, 1.54) is 24.0 Å². The van der Waals surface area contributed by atoms with Gasteiger partial charge in [-0.2, -0.15) is 0 Å². The number of rotatable bonds is 4. The molecule has 1 aromatic rings. The lowest BCUT2D eigenvalue weighted by atomic mass is 9.92. The molecule has 0 heterocycles. The molecule has 1 aliphatic carbocycles. The van der Waals surface area contributed by atoms with Gasteiger partial charge in [-0.3, -0.25) is 0 Å². The first-order chi connectivity index (χ1) is 7.92. The normalized spacial score (nSPS) is 19.2. The van der Waals surface area contributed by atoms with Gasteiger partial charge >= 0.3 is 0 Å². The van der Waals surface area contributed by atoms with Crippen LogP contribution >= 0.6 is 0 Å². The molecule has 1 atom stereocenters. The summed E-state index contributed by atoms with van der Waals surface area (Å²) in [6.07, 6.45) is 2.71. The average molecular weight is 233 g/mol. The Balaban J connectivity index is 2.18. The third-order valence-electron chi connectivity index (χ3n) is 3.71. The Morgan fingerprint density at radius 1 is 1.29 bits per heavy atom. The van der Waals surface area contributed by atoms with Crippen molar-refractivity contribution in [1.29, 1.82) is 0 Å². The fourth-order valence-corrected chi connectivity index (χ4v) is 2.16. The number of ether oxygens (including phenoxy) is 1. The van der Waals surface area contributed by atoms with Crippen LogP contribution in [0.5, 0.6) is 5.75 Å². The molecule has 2 N–H and O–H groups in total. The van der Waals surface area contributed by atoms with E-state index in [0.717, 1.165) is 5.75 Å². The Morgan fingerprint density at radius 3 is 2.41 bits per heavy atom. The predicted molar refractivity (Wildman–Crippen MR) is 71.2 cm³/mol. The van der Waals surface area contributed by atoms with Gasteiger partial charge in [-0.05, 0) is 56.2 Å². The van der Waals surface area contributed by atoms with Crippen molar-refractivity contribution in [3.05, 3.63) is 29.3 Å². The van der Waals surface area contributed by atoms with Crippen LogP contribution in [-0.4, -0.2) is 6.10 Å². The van der Waals surface area contributed by atoms with Crippen LogP contribution in [0.25, 0.3) is 0 Å². The summed E-state index contributed by atoms with van der Waals surface area (Å²) in [5, 5.41) is 0. The molecule has 1 saturated carbocycles. The van der Waals surface area contributed by atoms with Gasteiger partial charge in [0.15, 0.2) is 0 Å². The van der Waals surface area contributed by atoms with Gasteiger partial charge < -0.3 is 10.5 Å². The third kappa shape index (κ3) is 2.63. The van der Waals surface area contributed by atoms with Crippen LogP contribution in [-0.2, 0) is 0 Å². The fraction of sp³-hybridized carbons (Fsp3) is 0.600. The zero-order valence-electron chi connectivity index (χ0n) is 11.3. The van der Waals surface area contributed by atoms with Crippen molar-refractivity contribution in [1.82, 2.24) is 0 Å². The topological polar surface area (TPSA) is 35.2 Å². The smallest absolute Gasteiger partial charge is 0.122 e. The van der Waals surface area contributed by atoms with Gasteiger partial charge in [-0.25, -0.2) is 0 Å². The molecule has 0 bridgehead atoms. The van der Waals surface area contributed by atoms with E-state index in [1.54, 1.807) is 0 Å².